The number of rotatable bonds is 4. The molecule has 7 heteroatoms. The molecule has 0 aliphatic rings. The lowest BCUT2D eigenvalue weighted by atomic mass is 10.2. The topological polar surface area (TPSA) is 64.7 Å². The van der Waals surface area contributed by atoms with Crippen LogP contribution in [-0.2, 0) is 7.05 Å². The van der Waals surface area contributed by atoms with E-state index in [1.165, 1.54) is 22.9 Å². The van der Waals surface area contributed by atoms with E-state index in [2.05, 4.69) is 10.4 Å². The maximum Gasteiger partial charge on any atom is 0.268 e. The minimum atomic E-state index is -0.317. The van der Waals surface area contributed by atoms with Crippen LogP contribution < -0.4 is 10.9 Å². The van der Waals surface area contributed by atoms with E-state index in [0.29, 0.717) is 22.5 Å². The fourth-order valence-electron chi connectivity index (χ4n) is 3.07. The molecule has 2 aromatic carbocycles. The zero-order valence-electron chi connectivity index (χ0n) is 14.9. The summed E-state index contributed by atoms with van der Waals surface area (Å²) < 4.78 is 17.1. The first kappa shape index (κ1) is 17.0. The molecule has 0 saturated carbocycles. The quantitative estimate of drug-likeness (QED) is 0.603. The van der Waals surface area contributed by atoms with E-state index < -0.39 is 0 Å². The van der Waals surface area contributed by atoms with Crippen LogP contribution in [0.15, 0.2) is 65.6 Å². The molecule has 6 nitrogen and oxygen atoms in total. The van der Waals surface area contributed by atoms with E-state index in [4.69, 9.17) is 4.98 Å². The summed E-state index contributed by atoms with van der Waals surface area (Å²) in [6, 6.07) is 15.5. The van der Waals surface area contributed by atoms with E-state index in [-0.39, 0.29) is 17.4 Å². The highest BCUT2D eigenvalue weighted by molar-refractivity contribution is 5.78. The van der Waals surface area contributed by atoms with E-state index in [9.17, 15) is 9.18 Å². The Morgan fingerprint density at radius 2 is 1.89 bits per heavy atom. The van der Waals surface area contributed by atoms with Crippen molar-refractivity contribution in [3.63, 3.8) is 0 Å². The molecule has 4 aromatic rings. The molecular formula is C20H18FN5O. The van der Waals surface area contributed by atoms with Crippen molar-refractivity contribution in [2.45, 2.75) is 13.0 Å². The first-order valence-electron chi connectivity index (χ1n) is 8.56. The second-order valence-corrected chi connectivity index (χ2v) is 6.35. The predicted octanol–water partition coefficient (Wildman–Crippen LogP) is 3.43. The van der Waals surface area contributed by atoms with Gasteiger partial charge in [-0.25, -0.2) is 14.1 Å². The van der Waals surface area contributed by atoms with Crippen molar-refractivity contribution < 1.29 is 4.39 Å². The maximum atomic E-state index is 13.9. The van der Waals surface area contributed by atoms with Gasteiger partial charge in [0.25, 0.3) is 5.56 Å². The van der Waals surface area contributed by atoms with Crippen LogP contribution in [0.4, 0.5) is 10.1 Å². The number of nitrogens with zero attached hydrogens (tertiary/aromatic N) is 4. The molecule has 2 heterocycles. The fourth-order valence-corrected chi connectivity index (χ4v) is 3.07. The summed E-state index contributed by atoms with van der Waals surface area (Å²) >= 11 is 0. The highest BCUT2D eigenvalue weighted by Crippen LogP contribution is 2.27. The normalized spacial score (nSPS) is 12.3. The number of hydrogen-bond acceptors (Lipinski definition) is 4. The molecule has 4 rings (SSSR count). The summed E-state index contributed by atoms with van der Waals surface area (Å²) in [5.74, 6) is 0.393. The standard InChI is InChI=1S/C20H18FN5O/c1-13(23-15-11-19(27)25(2)22-12-15)20-24-17-9-8-14(21)10-18(17)26(20)16-6-4-3-5-7-16/h3-13,23H,1-2H3/t13-/m0/s1. The Morgan fingerprint density at radius 3 is 2.63 bits per heavy atom. The third-order valence-electron chi connectivity index (χ3n) is 4.40. The second kappa shape index (κ2) is 6.68. The van der Waals surface area contributed by atoms with Crippen LogP contribution in [0.25, 0.3) is 16.7 Å². The van der Waals surface area contributed by atoms with Gasteiger partial charge in [-0.15, -0.1) is 0 Å². The maximum absolute atomic E-state index is 13.9. The molecule has 0 unspecified atom stereocenters. The average molecular weight is 363 g/mol. The largest absolute Gasteiger partial charge is 0.374 e. The number of halogens is 1. The number of aromatic nitrogens is 4. The van der Waals surface area contributed by atoms with Crippen molar-refractivity contribution in [1.82, 2.24) is 19.3 Å². The van der Waals surface area contributed by atoms with Crippen LogP contribution in [0.5, 0.6) is 0 Å². The number of nitrogens with one attached hydrogen (secondary N) is 1. The Bertz CT molecular complexity index is 1170. The lowest BCUT2D eigenvalue weighted by Crippen LogP contribution is -2.20. The van der Waals surface area contributed by atoms with Gasteiger partial charge in [0.1, 0.15) is 11.6 Å². The highest BCUT2D eigenvalue weighted by atomic mass is 19.1. The molecule has 0 saturated heterocycles. The molecule has 0 amide bonds. The third-order valence-corrected chi connectivity index (χ3v) is 4.40. The molecule has 0 radical (unpaired) electrons. The average Bonchev–Trinajstić information content (AvgIpc) is 3.04. The van der Waals surface area contributed by atoms with Crippen molar-refractivity contribution in [2.24, 2.45) is 7.05 Å². The molecule has 1 N–H and O–H groups in total. The van der Waals surface area contributed by atoms with Gasteiger partial charge in [0.2, 0.25) is 0 Å². The van der Waals surface area contributed by atoms with Gasteiger partial charge < -0.3 is 5.32 Å². The van der Waals surface area contributed by atoms with Crippen molar-refractivity contribution in [3.8, 4) is 5.69 Å². The van der Waals surface area contributed by atoms with Gasteiger partial charge in [-0.2, -0.15) is 5.10 Å². The van der Waals surface area contributed by atoms with Crippen molar-refractivity contribution in [3.05, 3.63) is 82.8 Å². The number of aryl methyl sites for hydroxylation is 1. The van der Waals surface area contributed by atoms with Crippen LogP contribution in [0.1, 0.15) is 18.8 Å². The number of imidazole rings is 1. The Balaban J connectivity index is 1.82. The van der Waals surface area contributed by atoms with Crippen LogP contribution in [0, 0.1) is 5.82 Å². The minimum absolute atomic E-state index is 0.203. The molecule has 27 heavy (non-hydrogen) atoms. The third kappa shape index (κ3) is 3.19. The van der Waals surface area contributed by atoms with Gasteiger partial charge in [-0.3, -0.25) is 9.36 Å². The monoisotopic (exact) mass is 363 g/mol. The van der Waals surface area contributed by atoms with Gasteiger partial charge >= 0.3 is 0 Å². The lowest BCUT2D eigenvalue weighted by molar-refractivity contribution is 0.629. The molecule has 0 bridgehead atoms. The van der Waals surface area contributed by atoms with Gasteiger partial charge in [0.15, 0.2) is 0 Å². The predicted molar refractivity (Wildman–Crippen MR) is 103 cm³/mol. The molecule has 1 atom stereocenters. The number of benzene rings is 2. The zero-order chi connectivity index (χ0) is 19.0. The summed E-state index contributed by atoms with van der Waals surface area (Å²) in [5, 5.41) is 7.28. The minimum Gasteiger partial charge on any atom is -0.374 e. The van der Waals surface area contributed by atoms with Crippen LogP contribution >= 0.6 is 0 Å². The Kier molecular flexibility index (Phi) is 4.19. The van der Waals surface area contributed by atoms with Gasteiger partial charge in [-0.05, 0) is 31.2 Å². The van der Waals surface area contributed by atoms with E-state index in [0.717, 1.165) is 5.69 Å². The molecule has 2 aromatic heterocycles. The van der Waals surface area contributed by atoms with Crippen LogP contribution in [-0.4, -0.2) is 19.3 Å². The van der Waals surface area contributed by atoms with Gasteiger partial charge in [0, 0.05) is 24.9 Å². The summed E-state index contributed by atoms with van der Waals surface area (Å²) in [6.07, 6.45) is 1.59. The van der Waals surface area contributed by atoms with Crippen molar-refractivity contribution in [1.29, 1.82) is 0 Å². The van der Waals surface area contributed by atoms with Crippen LogP contribution in [0.3, 0.4) is 0 Å². The van der Waals surface area contributed by atoms with E-state index in [1.54, 1.807) is 19.3 Å². The van der Waals surface area contributed by atoms with Crippen LogP contribution in [0.2, 0.25) is 0 Å². The summed E-state index contributed by atoms with van der Waals surface area (Å²) in [5.41, 5.74) is 2.67. The molecule has 0 fully saturated rings. The SMILES string of the molecule is C[C@H](Nc1cnn(C)c(=O)c1)c1nc2ccc(F)cc2n1-c1ccccc1. The summed E-state index contributed by atoms with van der Waals surface area (Å²) in [6.45, 7) is 1.94. The molecule has 136 valence electrons. The molecule has 0 aliphatic heterocycles. The lowest BCUT2D eigenvalue weighted by Gasteiger charge is -2.17. The first-order chi connectivity index (χ1) is 13.0. The van der Waals surface area contributed by atoms with E-state index >= 15 is 0 Å². The molecular weight excluding hydrogens is 345 g/mol. The highest BCUT2D eigenvalue weighted by Gasteiger charge is 2.18. The van der Waals surface area contributed by atoms with Crippen molar-refractivity contribution >= 4 is 16.7 Å². The number of para-hydroxylation sites is 1. The van der Waals surface area contributed by atoms with Gasteiger partial charge in [0.05, 0.1) is 29.0 Å². The number of anilines is 1. The fraction of sp³-hybridized carbons (Fsp3) is 0.150. The first-order valence-corrected chi connectivity index (χ1v) is 8.56. The Hall–Kier alpha value is -3.48. The second-order valence-electron chi connectivity index (χ2n) is 6.35. The smallest absolute Gasteiger partial charge is 0.268 e. The van der Waals surface area contributed by atoms with E-state index in [1.807, 2.05) is 41.8 Å². The Labute approximate surface area is 154 Å². The summed E-state index contributed by atoms with van der Waals surface area (Å²) in [4.78, 5) is 16.5. The zero-order valence-corrected chi connectivity index (χ0v) is 14.9. The summed E-state index contributed by atoms with van der Waals surface area (Å²) in [7, 11) is 1.60. The molecule has 0 aliphatic carbocycles. The van der Waals surface area contributed by atoms with Gasteiger partial charge in [-0.1, -0.05) is 18.2 Å². The number of hydrogen-bond donors (Lipinski definition) is 1. The van der Waals surface area contributed by atoms with Crippen molar-refractivity contribution in [2.75, 3.05) is 5.32 Å². The number of fused-ring (bicyclic) bond motifs is 1. The molecule has 0 spiro atoms. The Morgan fingerprint density at radius 1 is 1.11 bits per heavy atom.